The minimum absolute atomic E-state index is 1.15. The fraction of sp³-hybridized carbons (Fsp3) is 0.0196. The first-order valence-corrected chi connectivity index (χ1v) is 19.3. The second-order valence-electron chi connectivity index (χ2n) is 14.2. The van der Waals surface area contributed by atoms with E-state index in [1.165, 1.54) is 102 Å². The fourth-order valence-corrected chi connectivity index (χ4v) is 10.1. The second-order valence-corrected chi connectivity index (χ2v) is 15.2. The third-order valence-electron chi connectivity index (χ3n) is 11.2. The first kappa shape index (κ1) is 30.9. The van der Waals surface area contributed by atoms with Gasteiger partial charge in [-0.2, -0.15) is 0 Å². The molecule has 3 aromatic heterocycles. The van der Waals surface area contributed by atoms with E-state index in [2.05, 4.69) is 186 Å². The van der Waals surface area contributed by atoms with Crippen molar-refractivity contribution in [3.05, 3.63) is 188 Å². The predicted octanol–water partition coefficient (Wildman–Crippen LogP) is 14.6. The molecule has 11 aromatic rings. The molecule has 0 amide bonds. The predicted molar refractivity (Wildman–Crippen MR) is 235 cm³/mol. The number of hydrogen-bond acceptors (Lipinski definition) is 1. The lowest BCUT2D eigenvalue weighted by Crippen LogP contribution is -1.95. The standard InChI is InChI=1S/C51H34N2S/c1-3-4-15-34-30-46-42(28-32(34)2)50-45(52(46)36-19-9-6-10-20-36)26-25-44-49(50)39-22-13-14-23-43(39)53(44)37-24-27-47-40(31-37)41-29-35-18-11-12-21-38(35)48(51(41)54-47)33-16-7-5-8-17-33/h3-31H,1H2,2H3/b15-4-. The zero-order valence-corrected chi connectivity index (χ0v) is 30.6. The van der Waals surface area contributed by atoms with E-state index >= 15 is 0 Å². The van der Waals surface area contributed by atoms with Crippen LogP contribution in [0.5, 0.6) is 0 Å². The topological polar surface area (TPSA) is 9.86 Å². The third kappa shape index (κ3) is 4.46. The SMILES string of the molecule is C=C/C=C\c1cc2c(cc1C)c1c3c4ccccc4n(-c4ccc5sc6c(-c7ccccc7)c7ccccc7cc6c5c4)c3ccc1n2-c1ccccc1. The second kappa shape index (κ2) is 11.9. The van der Waals surface area contributed by atoms with Crippen molar-refractivity contribution in [3.63, 3.8) is 0 Å². The molecule has 0 saturated heterocycles. The van der Waals surface area contributed by atoms with Crippen LogP contribution in [0.25, 0.3) is 103 Å². The molecule has 254 valence electrons. The zero-order valence-electron chi connectivity index (χ0n) is 29.8. The summed E-state index contributed by atoms with van der Waals surface area (Å²) in [5, 5.41) is 10.2. The van der Waals surface area contributed by atoms with Crippen molar-refractivity contribution in [3.8, 4) is 22.5 Å². The summed E-state index contributed by atoms with van der Waals surface area (Å²) in [5.74, 6) is 0. The summed E-state index contributed by atoms with van der Waals surface area (Å²) in [7, 11) is 0. The van der Waals surface area contributed by atoms with Gasteiger partial charge in [-0.05, 0) is 101 Å². The third-order valence-corrected chi connectivity index (χ3v) is 12.4. The molecule has 0 N–H and O–H groups in total. The van der Waals surface area contributed by atoms with Gasteiger partial charge in [0, 0.05) is 58.7 Å². The molecular formula is C51H34N2S. The van der Waals surface area contributed by atoms with E-state index in [1.54, 1.807) is 0 Å². The quantitative estimate of drug-likeness (QED) is 0.158. The van der Waals surface area contributed by atoms with Crippen LogP contribution in [0, 0.1) is 6.92 Å². The van der Waals surface area contributed by atoms with Gasteiger partial charge in [0.25, 0.3) is 0 Å². The highest BCUT2D eigenvalue weighted by Gasteiger charge is 2.22. The largest absolute Gasteiger partial charge is 0.309 e. The van der Waals surface area contributed by atoms with E-state index in [-0.39, 0.29) is 0 Å². The molecule has 0 spiro atoms. The van der Waals surface area contributed by atoms with Gasteiger partial charge in [0.1, 0.15) is 0 Å². The average Bonchev–Trinajstić information content (AvgIpc) is 3.86. The molecule has 0 aliphatic rings. The van der Waals surface area contributed by atoms with Gasteiger partial charge in [0.05, 0.1) is 22.1 Å². The van der Waals surface area contributed by atoms with Crippen LogP contribution in [0.2, 0.25) is 0 Å². The van der Waals surface area contributed by atoms with Crippen molar-refractivity contribution in [2.45, 2.75) is 6.92 Å². The lowest BCUT2D eigenvalue weighted by Gasteiger charge is -2.10. The lowest BCUT2D eigenvalue weighted by atomic mass is 9.95. The molecule has 54 heavy (non-hydrogen) atoms. The van der Waals surface area contributed by atoms with Crippen molar-refractivity contribution in [1.29, 1.82) is 0 Å². The summed E-state index contributed by atoms with van der Waals surface area (Å²) in [5.41, 5.74) is 12.1. The molecule has 0 aliphatic heterocycles. The molecule has 3 heteroatoms. The van der Waals surface area contributed by atoms with E-state index in [1.807, 2.05) is 23.5 Å². The Balaban J connectivity index is 1.23. The normalized spacial score (nSPS) is 12.2. The summed E-state index contributed by atoms with van der Waals surface area (Å²) in [4.78, 5) is 0. The highest BCUT2D eigenvalue weighted by Crippen LogP contribution is 2.47. The number of aromatic nitrogens is 2. The molecule has 3 heterocycles. The zero-order chi connectivity index (χ0) is 35.9. The Morgan fingerprint density at radius 1 is 0.519 bits per heavy atom. The Bertz CT molecular complexity index is 3340. The summed E-state index contributed by atoms with van der Waals surface area (Å²) in [6.45, 7) is 6.13. The number of fused-ring (bicyclic) bond motifs is 11. The van der Waals surface area contributed by atoms with Gasteiger partial charge >= 0.3 is 0 Å². The number of para-hydroxylation sites is 2. The number of nitrogens with zero attached hydrogens (tertiary/aromatic N) is 2. The number of hydrogen-bond donors (Lipinski definition) is 0. The maximum Gasteiger partial charge on any atom is 0.0548 e. The van der Waals surface area contributed by atoms with E-state index in [0.29, 0.717) is 0 Å². The summed E-state index contributed by atoms with van der Waals surface area (Å²) in [6.07, 6.45) is 6.02. The van der Waals surface area contributed by atoms with E-state index in [4.69, 9.17) is 0 Å². The number of aryl methyl sites for hydroxylation is 1. The number of thiophene rings is 1. The van der Waals surface area contributed by atoms with Crippen LogP contribution < -0.4 is 0 Å². The van der Waals surface area contributed by atoms with Crippen molar-refractivity contribution in [2.24, 2.45) is 0 Å². The Labute approximate surface area is 316 Å². The van der Waals surface area contributed by atoms with E-state index in [0.717, 1.165) is 5.69 Å². The Morgan fingerprint density at radius 2 is 1.20 bits per heavy atom. The van der Waals surface area contributed by atoms with E-state index in [9.17, 15) is 0 Å². The molecule has 0 unspecified atom stereocenters. The number of allylic oxidation sites excluding steroid dienone is 2. The van der Waals surface area contributed by atoms with Gasteiger partial charge in [-0.1, -0.05) is 116 Å². The van der Waals surface area contributed by atoms with Crippen LogP contribution >= 0.6 is 11.3 Å². The molecule has 0 bridgehead atoms. The molecule has 11 rings (SSSR count). The van der Waals surface area contributed by atoms with Crippen LogP contribution in [0.3, 0.4) is 0 Å². The summed E-state index contributed by atoms with van der Waals surface area (Å²) in [6, 6.07) is 58.2. The number of rotatable bonds is 5. The highest BCUT2D eigenvalue weighted by atomic mass is 32.1. The summed E-state index contributed by atoms with van der Waals surface area (Å²) < 4.78 is 7.54. The molecule has 0 fully saturated rings. The fourth-order valence-electron chi connectivity index (χ4n) is 8.81. The van der Waals surface area contributed by atoms with Crippen LogP contribution in [-0.4, -0.2) is 9.13 Å². The molecule has 0 radical (unpaired) electrons. The van der Waals surface area contributed by atoms with Gasteiger partial charge in [-0.3, -0.25) is 0 Å². The maximum atomic E-state index is 3.92. The lowest BCUT2D eigenvalue weighted by molar-refractivity contribution is 1.17. The number of benzene rings is 8. The minimum atomic E-state index is 1.15. The smallest absolute Gasteiger partial charge is 0.0548 e. The molecule has 0 saturated carbocycles. The van der Waals surface area contributed by atoms with Gasteiger partial charge in [0.2, 0.25) is 0 Å². The van der Waals surface area contributed by atoms with Crippen LogP contribution in [0.4, 0.5) is 0 Å². The van der Waals surface area contributed by atoms with Gasteiger partial charge < -0.3 is 9.13 Å². The van der Waals surface area contributed by atoms with E-state index < -0.39 is 0 Å². The first-order valence-electron chi connectivity index (χ1n) is 18.5. The van der Waals surface area contributed by atoms with Gasteiger partial charge in [-0.25, -0.2) is 0 Å². The Hall–Kier alpha value is -6.68. The first-order chi connectivity index (χ1) is 26.7. The molecule has 2 nitrogen and oxygen atoms in total. The van der Waals surface area contributed by atoms with Crippen molar-refractivity contribution in [1.82, 2.24) is 9.13 Å². The Morgan fingerprint density at radius 3 is 2.00 bits per heavy atom. The van der Waals surface area contributed by atoms with Crippen molar-refractivity contribution in [2.75, 3.05) is 0 Å². The summed E-state index contributed by atoms with van der Waals surface area (Å²) >= 11 is 1.90. The average molecular weight is 707 g/mol. The van der Waals surface area contributed by atoms with Gasteiger partial charge in [-0.15, -0.1) is 11.3 Å². The maximum absolute atomic E-state index is 3.92. The Kier molecular flexibility index (Phi) is 6.82. The minimum Gasteiger partial charge on any atom is -0.309 e. The van der Waals surface area contributed by atoms with Gasteiger partial charge in [0.15, 0.2) is 0 Å². The van der Waals surface area contributed by atoms with Crippen molar-refractivity contribution < 1.29 is 0 Å². The van der Waals surface area contributed by atoms with Crippen LogP contribution in [0.15, 0.2) is 176 Å². The monoisotopic (exact) mass is 706 g/mol. The van der Waals surface area contributed by atoms with Crippen molar-refractivity contribution >= 4 is 92.0 Å². The van der Waals surface area contributed by atoms with Crippen LogP contribution in [-0.2, 0) is 0 Å². The molecule has 8 aromatic carbocycles. The molecule has 0 aliphatic carbocycles. The molecular weight excluding hydrogens is 673 g/mol. The highest BCUT2D eigenvalue weighted by molar-refractivity contribution is 7.26. The molecule has 0 atom stereocenters. The van der Waals surface area contributed by atoms with Crippen LogP contribution in [0.1, 0.15) is 11.1 Å².